The number of benzene rings is 2. The molecule has 2 aromatic carbocycles. The van der Waals surface area contributed by atoms with E-state index in [1.54, 1.807) is 29.7 Å². The van der Waals surface area contributed by atoms with Gasteiger partial charge in [-0.3, -0.25) is 0 Å². The molecule has 37 heavy (non-hydrogen) atoms. The molecule has 5 aromatic rings. The van der Waals surface area contributed by atoms with Crippen molar-refractivity contribution in [1.29, 1.82) is 0 Å². The second kappa shape index (κ2) is 10.3. The number of hydrogen-bond donors (Lipinski definition) is 1. The summed E-state index contributed by atoms with van der Waals surface area (Å²) in [5, 5.41) is 4.50. The van der Waals surface area contributed by atoms with Crippen LogP contribution in [0.1, 0.15) is 22.6 Å². The maximum Gasteiger partial charge on any atom is 0.573 e. The van der Waals surface area contributed by atoms with Gasteiger partial charge in [0.05, 0.1) is 17.2 Å². The molecule has 5 nitrogen and oxygen atoms in total. The quantitative estimate of drug-likeness (QED) is 0.208. The smallest absolute Gasteiger partial charge is 0.469 e. The number of hydrogen-bond acceptors (Lipinski definition) is 6. The molecule has 0 spiro atoms. The van der Waals surface area contributed by atoms with Crippen molar-refractivity contribution in [1.82, 2.24) is 9.97 Å². The molecule has 0 aliphatic heterocycles. The van der Waals surface area contributed by atoms with Gasteiger partial charge in [-0.2, -0.15) is 0 Å². The summed E-state index contributed by atoms with van der Waals surface area (Å²) in [6, 6.07) is 17.9. The fourth-order valence-corrected chi connectivity index (χ4v) is 5.01. The standard InChI is InChI=1S/C28H24F3N3O2S/c1-17-16-24-25(33-26(34-27(24)37-17)23-13-15-35-18(23)2)32-14-3-4-19-5-7-20(8-6-19)21-9-11-22(12-10-21)36-28(29,30)31/h5-13,15-16H,3-4,14H2,1-2H3,(H,32,33,34). The predicted molar refractivity (Wildman–Crippen MR) is 140 cm³/mol. The number of fused-ring (bicyclic) bond motifs is 1. The predicted octanol–water partition coefficient (Wildman–Crippen LogP) is 8.18. The van der Waals surface area contributed by atoms with E-state index < -0.39 is 6.36 Å². The summed E-state index contributed by atoms with van der Waals surface area (Å²) in [6.45, 7) is 4.71. The van der Waals surface area contributed by atoms with Crippen molar-refractivity contribution < 1.29 is 22.3 Å². The van der Waals surface area contributed by atoms with Crippen molar-refractivity contribution in [3.63, 3.8) is 0 Å². The van der Waals surface area contributed by atoms with Crippen LogP contribution in [0, 0.1) is 13.8 Å². The summed E-state index contributed by atoms with van der Waals surface area (Å²) in [5.41, 5.74) is 3.82. The number of nitrogens with one attached hydrogen (secondary N) is 1. The highest BCUT2D eigenvalue weighted by atomic mass is 32.1. The number of alkyl halides is 3. The number of aromatic nitrogens is 2. The average molecular weight is 524 g/mol. The molecule has 0 saturated heterocycles. The van der Waals surface area contributed by atoms with Gasteiger partial charge in [-0.25, -0.2) is 9.97 Å². The van der Waals surface area contributed by atoms with Crippen LogP contribution in [0.5, 0.6) is 5.75 Å². The SMILES string of the molecule is Cc1cc2c(NCCCc3ccc(-c4ccc(OC(F)(F)F)cc4)cc3)nc(-c3ccoc3C)nc2s1. The van der Waals surface area contributed by atoms with E-state index in [0.29, 0.717) is 5.82 Å². The zero-order valence-corrected chi connectivity index (χ0v) is 21.0. The van der Waals surface area contributed by atoms with Gasteiger partial charge in [0, 0.05) is 11.4 Å². The Balaban J connectivity index is 1.21. The Morgan fingerprint density at radius 3 is 2.30 bits per heavy atom. The lowest BCUT2D eigenvalue weighted by atomic mass is 10.0. The number of nitrogens with zero attached hydrogens (tertiary/aromatic N) is 2. The zero-order chi connectivity index (χ0) is 26.0. The number of furan rings is 1. The lowest BCUT2D eigenvalue weighted by Crippen LogP contribution is -2.16. The summed E-state index contributed by atoms with van der Waals surface area (Å²) < 4.78 is 46.4. The molecular weight excluding hydrogens is 499 g/mol. The maximum absolute atomic E-state index is 12.4. The molecule has 0 aliphatic rings. The van der Waals surface area contributed by atoms with E-state index in [-0.39, 0.29) is 5.75 Å². The van der Waals surface area contributed by atoms with Gasteiger partial charge >= 0.3 is 6.36 Å². The van der Waals surface area contributed by atoms with Crippen LogP contribution in [-0.2, 0) is 6.42 Å². The Morgan fingerprint density at radius 2 is 1.65 bits per heavy atom. The van der Waals surface area contributed by atoms with Crippen molar-refractivity contribution in [3.8, 4) is 28.3 Å². The summed E-state index contributed by atoms with van der Waals surface area (Å²) >= 11 is 1.64. The lowest BCUT2D eigenvalue weighted by molar-refractivity contribution is -0.274. The summed E-state index contributed by atoms with van der Waals surface area (Å²) in [4.78, 5) is 11.6. The maximum atomic E-state index is 12.4. The summed E-state index contributed by atoms with van der Waals surface area (Å²) in [5.74, 6) is 2.02. The van der Waals surface area contributed by atoms with Crippen molar-refractivity contribution in [3.05, 3.63) is 83.1 Å². The molecule has 0 aliphatic carbocycles. The van der Waals surface area contributed by atoms with Crippen LogP contribution in [0.25, 0.3) is 32.7 Å². The third-order valence-corrected chi connectivity index (χ3v) is 6.87. The topological polar surface area (TPSA) is 60.2 Å². The van der Waals surface area contributed by atoms with Gasteiger partial charge in [0.15, 0.2) is 5.82 Å². The molecule has 0 atom stereocenters. The summed E-state index contributed by atoms with van der Waals surface area (Å²) in [7, 11) is 0. The first-order valence-corrected chi connectivity index (χ1v) is 12.6. The first-order chi connectivity index (χ1) is 17.7. The minimum absolute atomic E-state index is 0.231. The molecule has 9 heteroatoms. The highest BCUT2D eigenvalue weighted by Crippen LogP contribution is 2.32. The van der Waals surface area contributed by atoms with Gasteiger partial charge in [0.2, 0.25) is 0 Å². The fraction of sp³-hybridized carbons (Fsp3) is 0.214. The molecule has 1 N–H and O–H groups in total. The Labute approximate surface area is 216 Å². The third kappa shape index (κ3) is 5.94. The molecule has 0 unspecified atom stereocenters. The Hall–Kier alpha value is -3.85. The van der Waals surface area contributed by atoms with E-state index >= 15 is 0 Å². The van der Waals surface area contributed by atoms with Gasteiger partial charge in [-0.15, -0.1) is 24.5 Å². The number of aryl methyl sites for hydroxylation is 3. The van der Waals surface area contributed by atoms with Gasteiger partial charge in [-0.1, -0.05) is 36.4 Å². The van der Waals surface area contributed by atoms with E-state index in [0.717, 1.165) is 57.9 Å². The van der Waals surface area contributed by atoms with E-state index in [2.05, 4.69) is 23.0 Å². The second-order valence-corrected chi connectivity index (χ2v) is 9.90. The van der Waals surface area contributed by atoms with Crippen LogP contribution in [0.2, 0.25) is 0 Å². The molecule has 190 valence electrons. The normalized spacial score (nSPS) is 11.7. The minimum Gasteiger partial charge on any atom is -0.469 e. The molecule has 3 heterocycles. The van der Waals surface area contributed by atoms with Gasteiger partial charge < -0.3 is 14.5 Å². The monoisotopic (exact) mass is 523 g/mol. The number of ether oxygens (including phenoxy) is 1. The third-order valence-electron chi connectivity index (χ3n) is 5.93. The highest BCUT2D eigenvalue weighted by molar-refractivity contribution is 7.18. The van der Waals surface area contributed by atoms with Gasteiger partial charge in [-0.05, 0) is 67.6 Å². The van der Waals surface area contributed by atoms with Gasteiger partial charge in [0.25, 0.3) is 0 Å². The van der Waals surface area contributed by atoms with Crippen LogP contribution in [0.4, 0.5) is 19.0 Å². The number of anilines is 1. The van der Waals surface area contributed by atoms with Gasteiger partial charge in [0.1, 0.15) is 22.2 Å². The molecule has 0 bridgehead atoms. The molecule has 0 fully saturated rings. The minimum atomic E-state index is -4.69. The first-order valence-electron chi connectivity index (χ1n) is 11.8. The van der Waals surface area contributed by atoms with Crippen molar-refractivity contribution in [2.75, 3.05) is 11.9 Å². The molecule has 0 saturated carbocycles. The van der Waals surface area contributed by atoms with E-state index in [1.165, 1.54) is 22.6 Å². The Kier molecular flexibility index (Phi) is 6.88. The Bertz CT molecular complexity index is 1510. The van der Waals surface area contributed by atoms with Crippen molar-refractivity contribution in [2.45, 2.75) is 33.1 Å². The lowest BCUT2D eigenvalue weighted by Gasteiger charge is -2.10. The largest absolute Gasteiger partial charge is 0.573 e. The highest BCUT2D eigenvalue weighted by Gasteiger charge is 2.31. The summed E-state index contributed by atoms with van der Waals surface area (Å²) in [6.07, 6.45) is -1.28. The number of rotatable bonds is 8. The first kappa shape index (κ1) is 24.8. The van der Waals surface area contributed by atoms with Crippen LogP contribution >= 0.6 is 11.3 Å². The second-order valence-electron chi connectivity index (χ2n) is 8.66. The zero-order valence-electron chi connectivity index (χ0n) is 20.2. The van der Waals surface area contributed by atoms with Crippen molar-refractivity contribution in [2.24, 2.45) is 0 Å². The number of halogens is 3. The van der Waals surface area contributed by atoms with E-state index in [9.17, 15) is 13.2 Å². The number of thiophene rings is 1. The van der Waals surface area contributed by atoms with Crippen LogP contribution in [0.15, 0.2) is 71.3 Å². The van der Waals surface area contributed by atoms with E-state index in [4.69, 9.17) is 14.4 Å². The molecule has 0 amide bonds. The fourth-order valence-electron chi connectivity index (χ4n) is 4.13. The van der Waals surface area contributed by atoms with E-state index in [1.807, 2.05) is 37.3 Å². The van der Waals surface area contributed by atoms with Crippen LogP contribution < -0.4 is 10.1 Å². The molecule has 5 rings (SSSR count). The molecular formula is C28H24F3N3O2S. The van der Waals surface area contributed by atoms with Crippen molar-refractivity contribution >= 4 is 27.4 Å². The molecule has 0 radical (unpaired) electrons. The molecule has 3 aromatic heterocycles. The van der Waals surface area contributed by atoms with Crippen LogP contribution in [0.3, 0.4) is 0 Å². The van der Waals surface area contributed by atoms with Crippen LogP contribution in [-0.4, -0.2) is 22.9 Å². The Morgan fingerprint density at radius 1 is 0.946 bits per heavy atom. The average Bonchev–Trinajstić information content (AvgIpc) is 3.46.